The van der Waals surface area contributed by atoms with Gasteiger partial charge in [-0.05, 0) is 31.4 Å². The molecule has 4 rings (SSSR count). The van der Waals surface area contributed by atoms with Crippen LogP contribution in [0.1, 0.15) is 19.3 Å². The van der Waals surface area contributed by atoms with E-state index >= 15 is 0 Å². The van der Waals surface area contributed by atoms with Crippen LogP contribution >= 0.6 is 12.6 Å². The smallest absolute Gasteiger partial charge is 0.306 e. The molecule has 0 bridgehead atoms. The number of thiol groups is 1. The molecule has 8 nitrogen and oxygen atoms in total. The van der Waals surface area contributed by atoms with Crippen LogP contribution in [0.2, 0.25) is 0 Å². The van der Waals surface area contributed by atoms with E-state index in [-0.39, 0.29) is 22.6 Å². The lowest BCUT2D eigenvalue weighted by Gasteiger charge is -2.34. The first-order chi connectivity index (χ1) is 15.6. The minimum Gasteiger partial charge on any atom is -0.481 e. The molecular weight excluding hydrogens is 462 g/mol. The number of carbonyl (C=O) groups excluding carboxylic acids is 1. The van der Waals surface area contributed by atoms with Crippen LogP contribution in [0.5, 0.6) is 0 Å². The molecule has 0 unspecified atom stereocenters. The number of nitrogens with zero attached hydrogens (tertiary/aromatic N) is 3. The van der Waals surface area contributed by atoms with Gasteiger partial charge in [0.1, 0.15) is 6.04 Å². The van der Waals surface area contributed by atoms with Crippen molar-refractivity contribution >= 4 is 51.0 Å². The highest BCUT2D eigenvalue weighted by molar-refractivity contribution is 7.89. The van der Waals surface area contributed by atoms with Crippen molar-refractivity contribution < 1.29 is 23.1 Å². The number of hydrogen-bond donors (Lipinski definition) is 2. The van der Waals surface area contributed by atoms with Gasteiger partial charge in [0, 0.05) is 55.4 Å². The second kappa shape index (κ2) is 9.15. The Labute approximate surface area is 199 Å². The Kier molecular flexibility index (Phi) is 6.61. The molecule has 178 valence electrons. The van der Waals surface area contributed by atoms with Crippen molar-refractivity contribution in [3.05, 3.63) is 36.4 Å². The maximum absolute atomic E-state index is 13.8. The van der Waals surface area contributed by atoms with E-state index in [9.17, 15) is 23.1 Å². The largest absolute Gasteiger partial charge is 0.481 e. The molecule has 0 aliphatic carbocycles. The van der Waals surface area contributed by atoms with Crippen molar-refractivity contribution in [1.82, 2.24) is 9.21 Å². The normalized spacial score (nSPS) is 22.6. The van der Waals surface area contributed by atoms with E-state index in [1.807, 2.05) is 37.2 Å². The van der Waals surface area contributed by atoms with Crippen LogP contribution in [0.4, 0.5) is 5.69 Å². The Morgan fingerprint density at radius 2 is 1.70 bits per heavy atom. The lowest BCUT2D eigenvalue weighted by atomic mass is 9.96. The van der Waals surface area contributed by atoms with Gasteiger partial charge in [0.25, 0.3) is 0 Å². The maximum atomic E-state index is 13.8. The number of carbonyl (C=O) groups is 2. The molecule has 33 heavy (non-hydrogen) atoms. The quantitative estimate of drug-likeness (QED) is 0.623. The number of piperidine rings is 1. The van der Waals surface area contributed by atoms with Gasteiger partial charge < -0.3 is 14.9 Å². The molecule has 2 fully saturated rings. The number of rotatable bonds is 5. The Hall–Kier alpha value is -2.30. The summed E-state index contributed by atoms with van der Waals surface area (Å²) in [5, 5.41) is 10.4. The highest BCUT2D eigenvalue weighted by Crippen LogP contribution is 2.35. The van der Waals surface area contributed by atoms with Crippen LogP contribution in [0, 0.1) is 5.92 Å². The highest BCUT2D eigenvalue weighted by atomic mass is 32.2. The Morgan fingerprint density at radius 3 is 2.33 bits per heavy atom. The zero-order chi connectivity index (χ0) is 23.9. The van der Waals surface area contributed by atoms with E-state index in [2.05, 4.69) is 12.6 Å². The van der Waals surface area contributed by atoms with E-state index < -0.39 is 28.0 Å². The number of hydrogen-bond acceptors (Lipinski definition) is 6. The summed E-state index contributed by atoms with van der Waals surface area (Å²) in [5.74, 6) is -1.58. The highest BCUT2D eigenvalue weighted by Gasteiger charge is 2.45. The van der Waals surface area contributed by atoms with Crippen LogP contribution in [0.3, 0.4) is 0 Å². The third kappa shape index (κ3) is 4.43. The third-order valence-corrected chi connectivity index (χ3v) is 8.91. The van der Waals surface area contributed by atoms with Gasteiger partial charge in [-0.1, -0.05) is 24.3 Å². The molecule has 2 atom stereocenters. The Morgan fingerprint density at radius 1 is 1.06 bits per heavy atom. The van der Waals surface area contributed by atoms with Crippen LogP contribution < -0.4 is 4.90 Å². The van der Waals surface area contributed by atoms with E-state index in [0.29, 0.717) is 37.7 Å². The van der Waals surface area contributed by atoms with Crippen LogP contribution in [-0.4, -0.2) is 79.6 Å². The zero-order valence-electron chi connectivity index (χ0n) is 18.7. The standard InChI is InChI=1S/C23H29N3O5S2/c1-24(2)19-7-3-6-18-17(19)5-4-8-21(18)33(30,31)26-14-16(32)13-20(26)22(27)25-11-9-15(10-12-25)23(28)29/h3-8,15-16,20,32H,9-14H2,1-2H3,(H,28,29)/t16-,20-/m0/s1. The summed E-state index contributed by atoms with van der Waals surface area (Å²) in [6, 6.07) is 9.92. The molecule has 0 radical (unpaired) electrons. The monoisotopic (exact) mass is 491 g/mol. The van der Waals surface area contributed by atoms with Crippen molar-refractivity contribution in [2.24, 2.45) is 5.92 Å². The van der Waals surface area contributed by atoms with Gasteiger partial charge in [-0.2, -0.15) is 16.9 Å². The van der Waals surface area contributed by atoms with Gasteiger partial charge in [0.15, 0.2) is 0 Å². The molecule has 2 aromatic carbocycles. The predicted molar refractivity (Wildman–Crippen MR) is 130 cm³/mol. The Bertz CT molecular complexity index is 1180. The van der Waals surface area contributed by atoms with Gasteiger partial charge >= 0.3 is 5.97 Å². The first-order valence-electron chi connectivity index (χ1n) is 11.0. The summed E-state index contributed by atoms with van der Waals surface area (Å²) in [6.07, 6.45) is 1.08. The first-order valence-corrected chi connectivity index (χ1v) is 13.0. The third-order valence-electron chi connectivity index (χ3n) is 6.60. The minimum atomic E-state index is -3.97. The second-order valence-corrected chi connectivity index (χ2v) is 11.5. The number of carboxylic acid groups (broad SMARTS) is 1. The summed E-state index contributed by atoms with van der Waals surface area (Å²) in [7, 11) is -0.160. The molecule has 2 aliphatic heterocycles. The number of amides is 1. The number of sulfonamides is 1. The van der Waals surface area contributed by atoms with Crippen LogP contribution in [-0.2, 0) is 19.6 Å². The van der Waals surface area contributed by atoms with Crippen LogP contribution in [0.15, 0.2) is 41.3 Å². The molecule has 2 heterocycles. The molecule has 10 heteroatoms. The van der Waals surface area contributed by atoms with Crippen molar-refractivity contribution in [2.45, 2.75) is 35.4 Å². The summed E-state index contributed by atoms with van der Waals surface area (Å²) < 4.78 is 29.0. The lowest BCUT2D eigenvalue weighted by molar-refractivity contribution is -0.146. The zero-order valence-corrected chi connectivity index (χ0v) is 20.4. The number of aliphatic carboxylic acids is 1. The van der Waals surface area contributed by atoms with Crippen molar-refractivity contribution in [2.75, 3.05) is 38.6 Å². The fraction of sp³-hybridized carbons (Fsp3) is 0.478. The van der Waals surface area contributed by atoms with E-state index in [1.54, 1.807) is 23.1 Å². The number of fused-ring (bicyclic) bond motifs is 1. The average molecular weight is 492 g/mol. The number of benzene rings is 2. The van der Waals surface area contributed by atoms with Crippen LogP contribution in [0.25, 0.3) is 10.8 Å². The van der Waals surface area contributed by atoms with E-state index in [4.69, 9.17) is 0 Å². The predicted octanol–water partition coefficient (Wildman–Crippen LogP) is 2.29. The second-order valence-electron chi connectivity index (χ2n) is 8.94. The van der Waals surface area contributed by atoms with Crippen molar-refractivity contribution in [3.63, 3.8) is 0 Å². The molecule has 2 aromatic rings. The fourth-order valence-electron chi connectivity index (χ4n) is 4.84. The number of carboxylic acids is 1. The summed E-state index contributed by atoms with van der Waals surface area (Å²) in [5.41, 5.74) is 0.909. The van der Waals surface area contributed by atoms with Gasteiger partial charge in [-0.3, -0.25) is 9.59 Å². The van der Waals surface area contributed by atoms with Gasteiger partial charge in [0.05, 0.1) is 10.8 Å². The molecule has 2 saturated heterocycles. The fourth-order valence-corrected chi connectivity index (χ4v) is 7.17. The topological polar surface area (TPSA) is 98.2 Å². The molecule has 2 aliphatic rings. The Balaban J connectivity index is 1.67. The molecule has 0 spiro atoms. The van der Waals surface area contributed by atoms with Gasteiger partial charge in [0.2, 0.25) is 15.9 Å². The van der Waals surface area contributed by atoms with Crippen molar-refractivity contribution in [3.8, 4) is 0 Å². The molecule has 0 aromatic heterocycles. The lowest BCUT2D eigenvalue weighted by Crippen LogP contribution is -2.50. The first kappa shape index (κ1) is 23.8. The van der Waals surface area contributed by atoms with E-state index in [1.165, 1.54) is 4.31 Å². The SMILES string of the molecule is CN(C)c1cccc2c(S(=O)(=O)N3C[C@@H](S)C[C@H]3C(=O)N3CCC(C(=O)O)CC3)cccc12. The molecule has 1 amide bonds. The maximum Gasteiger partial charge on any atom is 0.306 e. The minimum absolute atomic E-state index is 0.150. The molecular formula is C23H29N3O5S2. The summed E-state index contributed by atoms with van der Waals surface area (Å²) in [4.78, 5) is 28.3. The van der Waals surface area contributed by atoms with E-state index in [0.717, 1.165) is 11.1 Å². The number of anilines is 1. The van der Waals surface area contributed by atoms with Gasteiger partial charge in [-0.15, -0.1) is 0 Å². The summed E-state index contributed by atoms with van der Waals surface area (Å²) in [6.45, 7) is 0.785. The number of likely N-dealkylation sites (tertiary alicyclic amines) is 1. The molecule has 1 N–H and O–H groups in total. The summed E-state index contributed by atoms with van der Waals surface area (Å²) >= 11 is 4.51. The van der Waals surface area contributed by atoms with Gasteiger partial charge in [-0.25, -0.2) is 8.42 Å². The molecule has 0 saturated carbocycles. The van der Waals surface area contributed by atoms with Crippen molar-refractivity contribution in [1.29, 1.82) is 0 Å². The average Bonchev–Trinajstić information content (AvgIpc) is 3.20.